The van der Waals surface area contributed by atoms with Crippen molar-refractivity contribution in [3.8, 4) is 0 Å². The van der Waals surface area contributed by atoms with E-state index in [-0.39, 0.29) is 17.1 Å². The minimum absolute atomic E-state index is 0.147. The number of allylic oxidation sites excluding steroid dienone is 2. The Hall–Kier alpha value is -1.88. The molecule has 0 saturated heterocycles. The fourth-order valence-electron chi connectivity index (χ4n) is 8.20. The molecule has 0 radical (unpaired) electrons. The van der Waals surface area contributed by atoms with Crippen LogP contribution in [0.2, 0.25) is 0 Å². The molecule has 4 saturated carbocycles. The van der Waals surface area contributed by atoms with Gasteiger partial charge in [0.2, 0.25) is 0 Å². The third-order valence-electron chi connectivity index (χ3n) is 9.26. The van der Waals surface area contributed by atoms with Crippen LogP contribution in [0.3, 0.4) is 0 Å². The molecule has 0 spiro atoms. The Morgan fingerprint density at radius 1 is 1.28 bits per heavy atom. The van der Waals surface area contributed by atoms with E-state index in [4.69, 9.17) is 0 Å². The highest BCUT2D eigenvalue weighted by molar-refractivity contribution is 5.92. The molecule has 29 heavy (non-hydrogen) atoms. The average molecular weight is 398 g/mol. The molecule has 4 fully saturated rings. The van der Waals surface area contributed by atoms with Crippen molar-refractivity contribution in [2.45, 2.75) is 57.5 Å². The van der Waals surface area contributed by atoms with Crippen LogP contribution < -0.4 is 0 Å². The molecule has 5 heteroatoms. The number of hydrogen-bond donors (Lipinski definition) is 3. The summed E-state index contributed by atoms with van der Waals surface area (Å²) in [4.78, 5) is 23.2. The van der Waals surface area contributed by atoms with Gasteiger partial charge in [-0.2, -0.15) is 0 Å². The maximum Gasteiger partial charge on any atom is 0.328 e. The summed E-state index contributed by atoms with van der Waals surface area (Å²) < 4.78 is 0. The van der Waals surface area contributed by atoms with E-state index >= 15 is 0 Å². The molecule has 0 aromatic rings. The molecule has 0 unspecified atom stereocenters. The lowest BCUT2D eigenvalue weighted by atomic mass is 9.47. The number of aliphatic hydroxyl groups excluding tert-OH is 1. The number of carboxylic acid groups (broad SMARTS) is 1. The number of aliphatic carboxylic acids is 1. The number of hydrogen-bond acceptors (Lipinski definition) is 4. The minimum atomic E-state index is -1.05. The number of carboxylic acids is 1. The quantitative estimate of drug-likeness (QED) is 0.497. The van der Waals surface area contributed by atoms with Gasteiger partial charge in [0.05, 0.1) is 11.9 Å². The van der Waals surface area contributed by atoms with Crippen LogP contribution in [0.1, 0.15) is 51.9 Å². The summed E-state index contributed by atoms with van der Waals surface area (Å²) in [6.45, 7) is 2.13. The molecule has 5 aliphatic carbocycles. The van der Waals surface area contributed by atoms with Gasteiger partial charge >= 0.3 is 5.97 Å². The van der Waals surface area contributed by atoms with Crippen LogP contribution >= 0.6 is 0 Å². The van der Waals surface area contributed by atoms with Crippen molar-refractivity contribution in [2.75, 3.05) is 0 Å². The van der Waals surface area contributed by atoms with Gasteiger partial charge in [0.1, 0.15) is 0 Å². The Morgan fingerprint density at radius 2 is 2.07 bits per heavy atom. The largest absolute Gasteiger partial charge is 0.515 e. The van der Waals surface area contributed by atoms with E-state index in [2.05, 4.69) is 6.92 Å². The number of carbonyl (C=O) groups excluding carboxylic acids is 1. The molecule has 0 heterocycles. The Morgan fingerprint density at radius 3 is 2.76 bits per heavy atom. The molecule has 156 valence electrons. The zero-order chi connectivity index (χ0) is 20.6. The first-order chi connectivity index (χ1) is 13.9. The Labute approximate surface area is 171 Å². The van der Waals surface area contributed by atoms with E-state index in [1.54, 1.807) is 12.2 Å². The molecule has 5 nitrogen and oxygen atoms in total. The van der Waals surface area contributed by atoms with E-state index in [1.165, 1.54) is 6.26 Å². The smallest absolute Gasteiger partial charge is 0.328 e. The highest BCUT2D eigenvalue weighted by Gasteiger charge is 2.76. The van der Waals surface area contributed by atoms with Gasteiger partial charge in [0, 0.05) is 17.9 Å². The van der Waals surface area contributed by atoms with Crippen molar-refractivity contribution in [2.24, 2.45) is 40.9 Å². The number of carbonyl (C=O) groups is 2. The second-order valence-corrected chi connectivity index (χ2v) is 9.97. The molecule has 5 aliphatic rings. The molecule has 0 amide bonds. The van der Waals surface area contributed by atoms with Crippen molar-refractivity contribution < 1.29 is 24.9 Å². The molecule has 0 aromatic heterocycles. The fraction of sp³-hybridized carbons (Fsp3) is 0.667. The van der Waals surface area contributed by atoms with E-state index < -0.39 is 11.6 Å². The zero-order valence-electron chi connectivity index (χ0n) is 16.9. The predicted octanol–water partition coefficient (Wildman–Crippen LogP) is 3.80. The third kappa shape index (κ3) is 2.43. The number of ketones is 1. The maximum atomic E-state index is 12.0. The molecular formula is C24H30O5. The Balaban J connectivity index is 1.56. The lowest BCUT2D eigenvalue weighted by Gasteiger charge is -2.58. The van der Waals surface area contributed by atoms with Crippen LogP contribution in [0.25, 0.3) is 0 Å². The summed E-state index contributed by atoms with van der Waals surface area (Å²) in [5, 5.41) is 30.9. The van der Waals surface area contributed by atoms with Gasteiger partial charge in [-0.05, 0) is 97.3 Å². The summed E-state index contributed by atoms with van der Waals surface area (Å²) in [7, 11) is 0. The highest BCUT2D eigenvalue weighted by Crippen LogP contribution is 2.77. The summed E-state index contributed by atoms with van der Waals surface area (Å²) in [6, 6.07) is 0. The number of rotatable bonds is 3. The first kappa shape index (κ1) is 19.1. The molecular weight excluding hydrogens is 368 g/mol. The van der Waals surface area contributed by atoms with Crippen molar-refractivity contribution in [3.05, 3.63) is 35.6 Å². The maximum absolute atomic E-state index is 12.0. The molecule has 0 aromatic carbocycles. The number of fused-ring (bicyclic) bond motifs is 7. The zero-order valence-corrected chi connectivity index (χ0v) is 16.9. The van der Waals surface area contributed by atoms with Crippen LogP contribution in [-0.4, -0.2) is 32.7 Å². The average Bonchev–Trinajstić information content (AvgIpc) is 3.47. The second-order valence-electron chi connectivity index (χ2n) is 9.97. The van der Waals surface area contributed by atoms with Crippen molar-refractivity contribution in [1.29, 1.82) is 0 Å². The first-order valence-electron chi connectivity index (χ1n) is 11.1. The number of aliphatic hydroxyl groups is 2. The lowest BCUT2D eigenvalue weighted by molar-refractivity contribution is -0.133. The normalized spacial score (nSPS) is 49.2. The SMILES string of the molecule is CC[C@]12CC[C@H]3[C@@H](CC(=CO)C4=CC(=O)CC[C@@H]43)[C@@H]1[C@@H]1C[C@@H]1[C@@]2(O)/C=C\C(=O)O. The summed E-state index contributed by atoms with van der Waals surface area (Å²) in [5.41, 5.74) is 0.590. The van der Waals surface area contributed by atoms with E-state index in [9.17, 15) is 24.9 Å². The predicted molar refractivity (Wildman–Crippen MR) is 107 cm³/mol. The van der Waals surface area contributed by atoms with Gasteiger partial charge in [0.15, 0.2) is 5.78 Å². The van der Waals surface area contributed by atoms with Crippen molar-refractivity contribution in [3.63, 3.8) is 0 Å². The van der Waals surface area contributed by atoms with Crippen LogP contribution in [0, 0.1) is 40.9 Å². The fourth-order valence-corrected chi connectivity index (χ4v) is 8.20. The minimum Gasteiger partial charge on any atom is -0.515 e. The standard InChI is InChI=1S/C24H30O5/c1-2-23-7-5-16-15-4-3-14(26)10-17(15)13(12-25)9-18(16)22(23)19-11-20(19)24(23,29)8-6-21(27)28/h6,8,10,12,15-16,18-20,22,25,29H,2-5,7,9,11H2,1H3,(H,27,28)/b8-6-,13-12?/t15-,16-,18-,19-,20+,22-,23+,24+/m1/s1. The topological polar surface area (TPSA) is 94.8 Å². The van der Waals surface area contributed by atoms with Gasteiger partial charge in [-0.3, -0.25) is 4.79 Å². The molecule has 5 rings (SSSR count). The Bertz CT molecular complexity index is 853. The van der Waals surface area contributed by atoms with E-state index in [0.29, 0.717) is 36.0 Å². The van der Waals surface area contributed by atoms with E-state index in [1.807, 2.05) is 0 Å². The second kappa shape index (κ2) is 6.31. The molecule has 3 N–H and O–H groups in total. The summed E-state index contributed by atoms with van der Waals surface area (Å²) >= 11 is 0. The third-order valence-corrected chi connectivity index (χ3v) is 9.26. The van der Waals surface area contributed by atoms with Crippen LogP contribution in [0.15, 0.2) is 35.6 Å². The first-order valence-corrected chi connectivity index (χ1v) is 11.1. The summed E-state index contributed by atoms with van der Waals surface area (Å²) in [6.07, 6.45) is 11.5. The van der Waals surface area contributed by atoms with Gasteiger partial charge in [-0.25, -0.2) is 4.79 Å². The lowest BCUT2D eigenvalue weighted by Crippen LogP contribution is -2.56. The molecule has 0 bridgehead atoms. The van der Waals surface area contributed by atoms with Gasteiger partial charge in [-0.15, -0.1) is 0 Å². The Kier molecular flexibility index (Phi) is 4.16. The summed E-state index contributed by atoms with van der Waals surface area (Å²) in [5.74, 6) is 1.24. The van der Waals surface area contributed by atoms with Crippen molar-refractivity contribution >= 4 is 11.8 Å². The molecule has 8 atom stereocenters. The van der Waals surface area contributed by atoms with Gasteiger partial charge < -0.3 is 15.3 Å². The highest BCUT2D eigenvalue weighted by atomic mass is 16.4. The van der Waals surface area contributed by atoms with Crippen LogP contribution in [0.4, 0.5) is 0 Å². The molecule has 0 aliphatic heterocycles. The van der Waals surface area contributed by atoms with Crippen LogP contribution in [0.5, 0.6) is 0 Å². The van der Waals surface area contributed by atoms with Crippen molar-refractivity contribution in [1.82, 2.24) is 0 Å². The van der Waals surface area contributed by atoms with Crippen LogP contribution in [-0.2, 0) is 9.59 Å². The van der Waals surface area contributed by atoms with Gasteiger partial charge in [0.25, 0.3) is 0 Å². The van der Waals surface area contributed by atoms with E-state index in [0.717, 1.165) is 55.7 Å². The van der Waals surface area contributed by atoms with Gasteiger partial charge in [-0.1, -0.05) is 6.92 Å². The monoisotopic (exact) mass is 398 g/mol.